The zero-order valence-electron chi connectivity index (χ0n) is 11.7. The second kappa shape index (κ2) is 4.85. The number of nitrogens with zero attached hydrogens (tertiary/aromatic N) is 3. The van der Waals surface area contributed by atoms with Crippen LogP contribution in [-0.2, 0) is 6.42 Å². The van der Waals surface area contributed by atoms with E-state index < -0.39 is 5.60 Å². The topological polar surface area (TPSA) is 50.9 Å². The maximum atomic E-state index is 10.8. The van der Waals surface area contributed by atoms with Gasteiger partial charge in [-0.2, -0.15) is 16.9 Å². The van der Waals surface area contributed by atoms with Gasteiger partial charge in [0.1, 0.15) is 12.2 Å². The van der Waals surface area contributed by atoms with Gasteiger partial charge in [0.15, 0.2) is 0 Å². The molecule has 0 aromatic carbocycles. The highest BCUT2D eigenvalue weighted by Gasteiger charge is 2.40. The van der Waals surface area contributed by atoms with Crippen LogP contribution in [0.5, 0.6) is 0 Å². The van der Waals surface area contributed by atoms with Gasteiger partial charge in [0.2, 0.25) is 0 Å². The van der Waals surface area contributed by atoms with Crippen LogP contribution < -0.4 is 0 Å². The molecule has 0 radical (unpaired) electrons. The third kappa shape index (κ3) is 3.06. The van der Waals surface area contributed by atoms with Crippen molar-refractivity contribution in [2.75, 3.05) is 11.5 Å². The number of rotatable bonds is 3. The lowest BCUT2D eigenvalue weighted by Crippen LogP contribution is -2.44. The van der Waals surface area contributed by atoms with E-state index in [4.69, 9.17) is 0 Å². The minimum absolute atomic E-state index is 0.195. The van der Waals surface area contributed by atoms with E-state index in [1.165, 1.54) is 0 Å². The summed E-state index contributed by atoms with van der Waals surface area (Å²) in [6, 6.07) is 0.287. The van der Waals surface area contributed by atoms with Crippen molar-refractivity contribution in [2.45, 2.75) is 52.2 Å². The molecule has 1 saturated heterocycles. The fourth-order valence-electron chi connectivity index (χ4n) is 2.75. The van der Waals surface area contributed by atoms with Crippen LogP contribution in [0.15, 0.2) is 6.33 Å². The summed E-state index contributed by atoms with van der Waals surface area (Å²) in [5, 5.41) is 15.0. The van der Waals surface area contributed by atoms with E-state index in [9.17, 15) is 5.11 Å². The average Bonchev–Trinajstić information content (AvgIpc) is 2.62. The molecule has 4 nitrogen and oxygen atoms in total. The van der Waals surface area contributed by atoms with Gasteiger partial charge in [0.25, 0.3) is 0 Å². The molecule has 18 heavy (non-hydrogen) atoms. The van der Waals surface area contributed by atoms with E-state index in [-0.39, 0.29) is 11.5 Å². The Morgan fingerprint density at radius 2 is 2.17 bits per heavy atom. The summed E-state index contributed by atoms with van der Waals surface area (Å²) in [6.07, 6.45) is 3.01. The first-order valence-electron chi connectivity index (χ1n) is 6.50. The monoisotopic (exact) mass is 269 g/mol. The summed E-state index contributed by atoms with van der Waals surface area (Å²) in [5.41, 5.74) is -0.452. The van der Waals surface area contributed by atoms with E-state index in [1.807, 2.05) is 16.4 Å². The Bertz CT molecular complexity index is 416. The predicted octanol–water partition coefficient (Wildman–Crippen LogP) is 2.30. The van der Waals surface area contributed by atoms with Crippen LogP contribution in [0.4, 0.5) is 0 Å². The largest absolute Gasteiger partial charge is 0.389 e. The Morgan fingerprint density at radius 3 is 2.78 bits per heavy atom. The molecule has 0 bridgehead atoms. The summed E-state index contributed by atoms with van der Waals surface area (Å²) >= 11 is 1.84. The van der Waals surface area contributed by atoms with E-state index in [2.05, 4.69) is 37.8 Å². The summed E-state index contributed by atoms with van der Waals surface area (Å²) in [5.74, 6) is 2.80. The molecule has 2 heterocycles. The molecule has 1 aliphatic heterocycles. The van der Waals surface area contributed by atoms with Crippen LogP contribution in [0.25, 0.3) is 0 Å². The maximum Gasteiger partial charge on any atom is 0.138 e. The molecule has 102 valence electrons. The SMILES string of the molecule is CC(C)n1ncnc1CC1(O)CSCC(C)(C)C1. The maximum absolute atomic E-state index is 10.8. The third-order valence-electron chi connectivity index (χ3n) is 3.29. The zero-order valence-corrected chi connectivity index (χ0v) is 12.5. The molecule has 1 fully saturated rings. The molecule has 5 heteroatoms. The molecular formula is C13H23N3OS. The van der Waals surface area contributed by atoms with Crippen LogP contribution in [0.3, 0.4) is 0 Å². The number of thioether (sulfide) groups is 1. The van der Waals surface area contributed by atoms with Crippen molar-refractivity contribution >= 4 is 11.8 Å². The van der Waals surface area contributed by atoms with Crippen molar-refractivity contribution < 1.29 is 5.11 Å². The lowest BCUT2D eigenvalue weighted by atomic mass is 9.80. The van der Waals surface area contributed by atoms with Gasteiger partial charge in [-0.1, -0.05) is 13.8 Å². The first-order valence-corrected chi connectivity index (χ1v) is 7.65. The average molecular weight is 269 g/mol. The lowest BCUT2D eigenvalue weighted by Gasteiger charge is -2.41. The van der Waals surface area contributed by atoms with Crippen LogP contribution in [0, 0.1) is 5.41 Å². The van der Waals surface area contributed by atoms with Gasteiger partial charge in [-0.3, -0.25) is 0 Å². The first-order chi connectivity index (χ1) is 8.31. The van der Waals surface area contributed by atoms with E-state index in [0.29, 0.717) is 6.42 Å². The molecule has 0 spiro atoms. The number of hydrogen-bond acceptors (Lipinski definition) is 4. The normalized spacial score (nSPS) is 27.7. The lowest BCUT2D eigenvalue weighted by molar-refractivity contribution is 0.0172. The van der Waals surface area contributed by atoms with Crippen molar-refractivity contribution in [3.63, 3.8) is 0 Å². The minimum atomic E-state index is -0.647. The van der Waals surface area contributed by atoms with Crippen LogP contribution >= 0.6 is 11.8 Å². The molecule has 1 atom stereocenters. The highest BCUT2D eigenvalue weighted by Crippen LogP contribution is 2.40. The van der Waals surface area contributed by atoms with Gasteiger partial charge >= 0.3 is 0 Å². The highest BCUT2D eigenvalue weighted by atomic mass is 32.2. The summed E-state index contributed by atoms with van der Waals surface area (Å²) in [4.78, 5) is 4.31. The number of aliphatic hydroxyl groups is 1. The van der Waals surface area contributed by atoms with Gasteiger partial charge in [-0.05, 0) is 31.4 Å². The third-order valence-corrected chi connectivity index (χ3v) is 5.02. The molecule has 1 aliphatic rings. The van der Waals surface area contributed by atoms with Crippen LogP contribution in [0.1, 0.15) is 46.0 Å². The van der Waals surface area contributed by atoms with E-state index in [0.717, 1.165) is 23.8 Å². The van der Waals surface area contributed by atoms with Gasteiger partial charge in [-0.25, -0.2) is 9.67 Å². The molecule has 1 aromatic rings. The number of aromatic nitrogens is 3. The Kier molecular flexibility index (Phi) is 3.74. The number of hydrogen-bond donors (Lipinski definition) is 1. The molecule has 0 saturated carbocycles. The zero-order chi connectivity index (χ0) is 13.4. The molecule has 0 aliphatic carbocycles. The Labute approximate surface area is 113 Å². The van der Waals surface area contributed by atoms with Gasteiger partial charge in [0.05, 0.1) is 5.60 Å². The highest BCUT2D eigenvalue weighted by molar-refractivity contribution is 7.99. The minimum Gasteiger partial charge on any atom is -0.389 e. The molecule has 2 rings (SSSR count). The van der Waals surface area contributed by atoms with E-state index >= 15 is 0 Å². The summed E-state index contributed by atoms with van der Waals surface area (Å²) < 4.78 is 1.91. The van der Waals surface area contributed by atoms with E-state index in [1.54, 1.807) is 6.33 Å². The van der Waals surface area contributed by atoms with Crippen molar-refractivity contribution in [3.05, 3.63) is 12.2 Å². The summed E-state index contributed by atoms with van der Waals surface area (Å²) in [7, 11) is 0. The molecule has 1 N–H and O–H groups in total. The molecule has 0 amide bonds. The van der Waals surface area contributed by atoms with Crippen molar-refractivity contribution in [1.82, 2.24) is 14.8 Å². The first kappa shape index (κ1) is 13.9. The standard InChI is InChI=1S/C13H23N3OS/c1-10(2)16-11(14-9-15-16)5-13(17)6-12(3,4)7-18-8-13/h9-10,17H,5-8H2,1-4H3. The molecular weight excluding hydrogens is 246 g/mol. The van der Waals surface area contributed by atoms with Gasteiger partial charge < -0.3 is 5.11 Å². The van der Waals surface area contributed by atoms with Crippen molar-refractivity contribution in [2.24, 2.45) is 5.41 Å². The fourth-order valence-corrected chi connectivity index (χ4v) is 4.09. The van der Waals surface area contributed by atoms with Crippen LogP contribution in [-0.4, -0.2) is 37.0 Å². The van der Waals surface area contributed by atoms with Gasteiger partial charge in [0, 0.05) is 18.2 Å². The summed E-state index contributed by atoms with van der Waals surface area (Å²) in [6.45, 7) is 8.61. The fraction of sp³-hybridized carbons (Fsp3) is 0.846. The Balaban J connectivity index is 2.14. The Hall–Kier alpha value is -0.550. The van der Waals surface area contributed by atoms with Crippen molar-refractivity contribution in [3.8, 4) is 0 Å². The second-order valence-corrected chi connectivity index (χ2v) is 7.44. The smallest absolute Gasteiger partial charge is 0.138 e. The quantitative estimate of drug-likeness (QED) is 0.915. The van der Waals surface area contributed by atoms with Gasteiger partial charge in [-0.15, -0.1) is 0 Å². The van der Waals surface area contributed by atoms with Crippen molar-refractivity contribution in [1.29, 1.82) is 0 Å². The molecule has 1 aromatic heterocycles. The predicted molar refractivity (Wildman–Crippen MR) is 74.8 cm³/mol. The van der Waals surface area contributed by atoms with Crippen LogP contribution in [0.2, 0.25) is 0 Å². The second-order valence-electron chi connectivity index (χ2n) is 6.45. The Morgan fingerprint density at radius 1 is 1.44 bits per heavy atom. The molecule has 1 unspecified atom stereocenters.